The molecule has 1 saturated carbocycles. The Morgan fingerprint density at radius 2 is 1.38 bits per heavy atom. The Labute approximate surface area is 226 Å². The van der Waals surface area contributed by atoms with Gasteiger partial charge in [0, 0.05) is 32.6 Å². The van der Waals surface area contributed by atoms with Gasteiger partial charge in [-0.1, -0.05) is 0 Å². The van der Waals surface area contributed by atoms with Gasteiger partial charge in [0.1, 0.15) is 6.61 Å². The lowest BCUT2D eigenvalue weighted by atomic mass is 9.93. The third-order valence-corrected chi connectivity index (χ3v) is 6.68. The molecule has 1 fully saturated rings. The number of carbonyl (C=O) groups is 4. The first-order chi connectivity index (χ1) is 18.1. The SMILES string of the molecule is CP(C)(=O)OCCOCCNC(=O)[C@H](O)[C@H](O)C(=O)NCCOC(=O)C(=O)NC1CCC(OP(C)(=O)O)CC1. The summed E-state index contributed by atoms with van der Waals surface area (Å²) in [5, 5.41) is 26.6. The minimum Gasteiger partial charge on any atom is -0.457 e. The smallest absolute Gasteiger partial charge is 0.396 e. The molecule has 0 heterocycles. The first-order valence-electron chi connectivity index (χ1n) is 12.2. The summed E-state index contributed by atoms with van der Waals surface area (Å²) in [5.74, 6) is -4.31. The highest BCUT2D eigenvalue weighted by Gasteiger charge is 2.30. The molecule has 1 unspecified atom stereocenters. The molecule has 18 heteroatoms. The number of rotatable bonds is 16. The highest BCUT2D eigenvalue weighted by atomic mass is 31.2. The highest BCUT2D eigenvalue weighted by molar-refractivity contribution is 7.57. The number of hydrogen-bond acceptors (Lipinski definition) is 12. The van der Waals surface area contributed by atoms with Gasteiger partial charge in [-0.2, -0.15) is 0 Å². The van der Waals surface area contributed by atoms with Crippen LogP contribution in [0.4, 0.5) is 0 Å². The fraction of sp³-hybridized carbons (Fsp3) is 0.810. The van der Waals surface area contributed by atoms with E-state index in [-0.39, 0.29) is 39.0 Å². The van der Waals surface area contributed by atoms with Gasteiger partial charge in [0.2, 0.25) is 0 Å². The molecular weight excluding hydrogens is 564 g/mol. The van der Waals surface area contributed by atoms with Crippen LogP contribution in [-0.4, -0.2) is 123 Å². The van der Waals surface area contributed by atoms with E-state index in [0.29, 0.717) is 25.7 Å². The van der Waals surface area contributed by atoms with Gasteiger partial charge in [-0.3, -0.25) is 23.5 Å². The van der Waals surface area contributed by atoms with Crippen LogP contribution in [0.3, 0.4) is 0 Å². The van der Waals surface area contributed by atoms with Crippen molar-refractivity contribution in [3.05, 3.63) is 0 Å². The molecule has 0 aromatic heterocycles. The van der Waals surface area contributed by atoms with E-state index in [2.05, 4.69) is 16.0 Å². The van der Waals surface area contributed by atoms with Crippen LogP contribution in [0.5, 0.6) is 0 Å². The first-order valence-corrected chi connectivity index (χ1v) is 16.8. The van der Waals surface area contributed by atoms with Crippen LogP contribution in [0.1, 0.15) is 25.7 Å². The molecular formula is C21H39N3O13P2. The van der Waals surface area contributed by atoms with Crippen molar-refractivity contribution in [2.75, 3.05) is 59.5 Å². The van der Waals surface area contributed by atoms with Gasteiger partial charge in [0.25, 0.3) is 11.8 Å². The van der Waals surface area contributed by atoms with Gasteiger partial charge >= 0.3 is 19.5 Å². The monoisotopic (exact) mass is 603 g/mol. The van der Waals surface area contributed by atoms with Crippen molar-refractivity contribution in [2.24, 2.45) is 0 Å². The maximum absolute atomic E-state index is 12.0. The lowest BCUT2D eigenvalue weighted by Gasteiger charge is -2.29. The Morgan fingerprint density at radius 1 is 0.846 bits per heavy atom. The van der Waals surface area contributed by atoms with Gasteiger partial charge in [-0.15, -0.1) is 0 Å². The van der Waals surface area contributed by atoms with Crippen LogP contribution >= 0.6 is 15.0 Å². The number of ether oxygens (including phenoxy) is 2. The second-order valence-corrected chi connectivity index (χ2v) is 13.7. The van der Waals surface area contributed by atoms with Crippen LogP contribution in [0.25, 0.3) is 0 Å². The van der Waals surface area contributed by atoms with E-state index >= 15 is 0 Å². The fourth-order valence-corrected chi connectivity index (χ4v) is 4.66. The largest absolute Gasteiger partial charge is 0.457 e. The molecule has 3 atom stereocenters. The third kappa shape index (κ3) is 16.1. The molecule has 16 nitrogen and oxygen atoms in total. The van der Waals surface area contributed by atoms with Gasteiger partial charge < -0.3 is 49.6 Å². The number of carbonyl (C=O) groups excluding carboxylic acids is 4. The van der Waals surface area contributed by atoms with Gasteiger partial charge in [-0.05, 0) is 25.7 Å². The Balaban J connectivity index is 2.20. The molecule has 6 N–H and O–H groups in total. The lowest BCUT2D eigenvalue weighted by Crippen LogP contribution is -2.50. The van der Waals surface area contributed by atoms with E-state index in [0.717, 1.165) is 6.66 Å². The summed E-state index contributed by atoms with van der Waals surface area (Å²) in [6.07, 6.45) is -2.83. The van der Waals surface area contributed by atoms with Crippen LogP contribution in [-0.2, 0) is 46.8 Å². The van der Waals surface area contributed by atoms with Gasteiger partial charge in [0.15, 0.2) is 19.6 Å². The summed E-state index contributed by atoms with van der Waals surface area (Å²) in [7, 11) is -6.22. The van der Waals surface area contributed by atoms with Crippen molar-refractivity contribution in [1.82, 2.24) is 16.0 Å². The summed E-state index contributed by atoms with van der Waals surface area (Å²) in [6, 6.07) is -0.333. The summed E-state index contributed by atoms with van der Waals surface area (Å²) in [4.78, 5) is 56.9. The van der Waals surface area contributed by atoms with Crippen molar-refractivity contribution >= 4 is 38.7 Å². The van der Waals surface area contributed by atoms with E-state index in [4.69, 9.17) is 18.5 Å². The molecule has 1 aliphatic carbocycles. The van der Waals surface area contributed by atoms with Crippen LogP contribution in [0, 0.1) is 0 Å². The van der Waals surface area contributed by atoms with E-state index < -0.39 is 63.6 Å². The zero-order valence-electron chi connectivity index (χ0n) is 22.2. The Bertz CT molecular complexity index is 915. The topological polar surface area (TPSA) is 236 Å². The van der Waals surface area contributed by atoms with Crippen molar-refractivity contribution in [3.8, 4) is 0 Å². The molecule has 226 valence electrons. The predicted molar refractivity (Wildman–Crippen MR) is 136 cm³/mol. The van der Waals surface area contributed by atoms with E-state index in [1.807, 2.05) is 0 Å². The summed E-state index contributed by atoms with van der Waals surface area (Å²) < 4.78 is 42.7. The van der Waals surface area contributed by atoms with E-state index in [1.165, 1.54) is 13.3 Å². The number of esters is 1. The Morgan fingerprint density at radius 3 is 1.90 bits per heavy atom. The maximum Gasteiger partial charge on any atom is 0.396 e. The molecule has 1 rings (SSSR count). The molecule has 39 heavy (non-hydrogen) atoms. The first kappa shape index (κ1) is 35.1. The molecule has 3 amide bonds. The van der Waals surface area contributed by atoms with Crippen LogP contribution in [0.2, 0.25) is 0 Å². The van der Waals surface area contributed by atoms with Crippen molar-refractivity contribution in [1.29, 1.82) is 0 Å². The second-order valence-electron chi connectivity index (χ2n) is 9.16. The molecule has 0 aromatic carbocycles. The Kier molecular flexibility index (Phi) is 15.3. The van der Waals surface area contributed by atoms with Crippen LogP contribution < -0.4 is 16.0 Å². The third-order valence-electron chi connectivity index (χ3n) is 5.19. The zero-order chi connectivity index (χ0) is 29.6. The zero-order valence-corrected chi connectivity index (χ0v) is 24.0. The summed E-state index contributed by atoms with van der Waals surface area (Å²) >= 11 is 0. The van der Waals surface area contributed by atoms with E-state index in [9.17, 15) is 43.4 Å². The maximum atomic E-state index is 12.0. The predicted octanol–water partition coefficient (Wildman–Crippen LogP) is -1.69. The number of hydrogen-bond donors (Lipinski definition) is 6. The Hall–Kier alpha value is -1.90. The summed E-state index contributed by atoms with van der Waals surface area (Å²) in [5.41, 5.74) is 0. The fourth-order valence-electron chi connectivity index (χ4n) is 3.38. The molecule has 0 spiro atoms. The molecule has 0 aromatic rings. The lowest BCUT2D eigenvalue weighted by molar-refractivity contribution is -0.155. The minimum absolute atomic E-state index is 0.0309. The highest BCUT2D eigenvalue weighted by Crippen LogP contribution is 2.41. The quantitative estimate of drug-likeness (QED) is 0.0501. The minimum atomic E-state index is -3.61. The standard InChI is InChI=1S/C21H39N3O13P2/c1-38(2,31)36-13-12-34-10-8-22-18(27)16(25)17(26)19(28)23-9-11-35-21(30)20(29)24-14-4-6-15(7-5-14)37-39(3,32)33/h14-17,25-26H,4-13H2,1-3H3,(H,22,27)(H,23,28)(H,24,29)(H,32,33)/t14?,15?,16-,17+/m1/s1. The van der Waals surface area contributed by atoms with Gasteiger partial charge in [-0.25, -0.2) is 4.79 Å². The molecule has 0 aliphatic heterocycles. The molecule has 1 aliphatic rings. The average molecular weight is 603 g/mol. The van der Waals surface area contributed by atoms with Crippen molar-refractivity contribution < 1.29 is 61.9 Å². The number of aliphatic hydroxyl groups excluding tert-OH is 2. The summed E-state index contributed by atoms with van der Waals surface area (Å²) in [6.45, 7) is 3.55. The number of aliphatic hydroxyl groups is 2. The molecule has 0 saturated heterocycles. The average Bonchev–Trinajstić information content (AvgIpc) is 2.84. The van der Waals surface area contributed by atoms with Crippen molar-refractivity contribution in [2.45, 2.75) is 50.0 Å². The van der Waals surface area contributed by atoms with Crippen molar-refractivity contribution in [3.63, 3.8) is 0 Å². The number of nitrogens with one attached hydrogen (secondary N) is 3. The van der Waals surface area contributed by atoms with Gasteiger partial charge in [0.05, 0.1) is 32.5 Å². The van der Waals surface area contributed by atoms with E-state index in [1.54, 1.807) is 0 Å². The van der Waals surface area contributed by atoms with Crippen LogP contribution in [0.15, 0.2) is 0 Å². The molecule has 0 radical (unpaired) electrons. The normalized spacial score (nSPS) is 20.7. The second kappa shape index (κ2) is 17.0. The number of amides is 3. The molecule has 0 bridgehead atoms.